The van der Waals surface area contributed by atoms with Crippen LogP contribution in [0, 0.1) is 5.82 Å². The van der Waals surface area contributed by atoms with Crippen LogP contribution in [0.4, 0.5) is 4.39 Å². The number of nitrogens with zero attached hydrogens (tertiary/aromatic N) is 1. The van der Waals surface area contributed by atoms with Gasteiger partial charge in [-0.3, -0.25) is 4.79 Å². The number of hydrogen-bond donors (Lipinski definition) is 3. The highest BCUT2D eigenvalue weighted by molar-refractivity contribution is 6.31. The first kappa shape index (κ1) is 23.7. The van der Waals surface area contributed by atoms with Crippen molar-refractivity contribution in [3.8, 4) is 5.75 Å². The summed E-state index contributed by atoms with van der Waals surface area (Å²) < 4.78 is 18.9. The molecular weight excluding hydrogens is 468 g/mol. The van der Waals surface area contributed by atoms with Crippen LogP contribution in [0.1, 0.15) is 29.8 Å². The average Bonchev–Trinajstić information content (AvgIpc) is 3.25. The smallest absolute Gasteiger partial charge is 0.270 e. The number of pyridine rings is 1. The molecule has 1 saturated carbocycles. The summed E-state index contributed by atoms with van der Waals surface area (Å²) in [7, 11) is 0. The third kappa shape index (κ3) is 6.32. The largest absolute Gasteiger partial charge is 0.491 e. The maximum Gasteiger partial charge on any atom is 0.270 e. The molecule has 0 aliphatic heterocycles. The summed E-state index contributed by atoms with van der Waals surface area (Å²) in [5.41, 5.74) is 1.09. The van der Waals surface area contributed by atoms with Gasteiger partial charge in [0.1, 0.15) is 30.0 Å². The van der Waals surface area contributed by atoms with E-state index in [4.69, 9.17) is 27.9 Å². The van der Waals surface area contributed by atoms with Gasteiger partial charge in [0.2, 0.25) is 0 Å². The van der Waals surface area contributed by atoms with Crippen LogP contribution in [0.15, 0.2) is 48.5 Å². The third-order valence-corrected chi connectivity index (χ3v) is 6.17. The molecule has 3 atom stereocenters. The van der Waals surface area contributed by atoms with E-state index in [1.165, 1.54) is 12.1 Å². The predicted molar refractivity (Wildman–Crippen MR) is 127 cm³/mol. The fraction of sp³-hybridized carbons (Fsp3) is 0.333. The zero-order valence-electron chi connectivity index (χ0n) is 17.7. The lowest BCUT2D eigenvalue weighted by atomic mass is 10.2. The maximum atomic E-state index is 13.4. The molecule has 1 fully saturated rings. The number of carbonyl (C=O) groups excluding carboxylic acids is 1. The minimum atomic E-state index is -0.757. The predicted octanol–water partition coefficient (Wildman–Crippen LogP) is 4.36. The van der Waals surface area contributed by atoms with Gasteiger partial charge in [-0.15, -0.1) is 0 Å². The van der Waals surface area contributed by atoms with Gasteiger partial charge in [-0.1, -0.05) is 29.3 Å². The second-order valence-corrected chi connectivity index (χ2v) is 9.01. The highest BCUT2D eigenvalue weighted by Gasteiger charge is 2.26. The first-order valence-corrected chi connectivity index (χ1v) is 11.5. The summed E-state index contributed by atoms with van der Waals surface area (Å²) in [4.78, 5) is 17.1. The third-order valence-electron chi connectivity index (χ3n) is 5.63. The van der Waals surface area contributed by atoms with Crippen molar-refractivity contribution in [2.24, 2.45) is 0 Å². The van der Waals surface area contributed by atoms with Crippen molar-refractivity contribution in [3.63, 3.8) is 0 Å². The van der Waals surface area contributed by atoms with E-state index in [1.807, 2.05) is 12.1 Å². The van der Waals surface area contributed by atoms with Gasteiger partial charge < -0.3 is 20.5 Å². The van der Waals surface area contributed by atoms with E-state index in [9.17, 15) is 14.3 Å². The van der Waals surface area contributed by atoms with E-state index < -0.39 is 11.9 Å². The van der Waals surface area contributed by atoms with Gasteiger partial charge in [-0.25, -0.2) is 9.37 Å². The molecule has 1 aromatic heterocycles. The molecule has 2 aromatic carbocycles. The minimum Gasteiger partial charge on any atom is -0.491 e. The van der Waals surface area contributed by atoms with Gasteiger partial charge in [0.05, 0.1) is 10.5 Å². The van der Waals surface area contributed by atoms with E-state index in [2.05, 4.69) is 15.6 Å². The minimum absolute atomic E-state index is 0.0220. The van der Waals surface area contributed by atoms with Crippen LogP contribution < -0.4 is 15.4 Å². The van der Waals surface area contributed by atoms with Crippen molar-refractivity contribution in [3.05, 3.63) is 70.1 Å². The summed E-state index contributed by atoms with van der Waals surface area (Å²) in [5.74, 6) is -0.463. The van der Waals surface area contributed by atoms with Crippen LogP contribution >= 0.6 is 23.2 Å². The van der Waals surface area contributed by atoms with E-state index in [0.717, 1.165) is 30.2 Å². The van der Waals surface area contributed by atoms with Crippen LogP contribution in [-0.2, 0) is 0 Å². The number of nitrogens with one attached hydrogen (secondary N) is 2. The van der Waals surface area contributed by atoms with E-state index in [-0.39, 0.29) is 29.6 Å². The molecule has 3 N–H and O–H groups in total. The van der Waals surface area contributed by atoms with E-state index in [1.54, 1.807) is 24.3 Å². The van der Waals surface area contributed by atoms with Gasteiger partial charge in [0, 0.05) is 35.1 Å². The second-order valence-electron chi connectivity index (χ2n) is 8.16. The Labute approximate surface area is 201 Å². The molecule has 33 heavy (non-hydrogen) atoms. The van der Waals surface area contributed by atoms with Gasteiger partial charge in [-0.05, 0) is 55.7 Å². The number of aliphatic hydroxyl groups is 1. The number of fused-ring (bicyclic) bond motifs is 1. The van der Waals surface area contributed by atoms with Crippen molar-refractivity contribution >= 4 is 40.0 Å². The standard InChI is InChI=1S/C24H24Cl2FN3O3/c25-15-2-8-22-14(9-15)1-7-23(30-22)24(32)29-17-4-3-16(10-17)28-12-18(31)13-33-19-5-6-20(26)21(27)11-19/h1-2,5-9,11,16-18,28,31H,3-4,10,12-13H2,(H,29,32)/t16-,17+,18?/m1/s1. The summed E-state index contributed by atoms with van der Waals surface area (Å²) >= 11 is 11.6. The molecule has 0 bridgehead atoms. The highest BCUT2D eigenvalue weighted by atomic mass is 35.5. The number of rotatable bonds is 8. The molecule has 9 heteroatoms. The second kappa shape index (κ2) is 10.7. The number of carbonyl (C=O) groups is 1. The van der Waals surface area contributed by atoms with Crippen molar-refractivity contribution in [1.82, 2.24) is 15.6 Å². The Balaban J connectivity index is 1.21. The van der Waals surface area contributed by atoms with Crippen molar-refractivity contribution in [2.45, 2.75) is 37.5 Å². The molecule has 0 radical (unpaired) electrons. The Hall–Kier alpha value is -2.45. The number of aliphatic hydroxyl groups excluding tert-OH is 1. The Bertz CT molecular complexity index is 1150. The van der Waals surface area contributed by atoms with Gasteiger partial charge in [0.15, 0.2) is 0 Å². The van der Waals surface area contributed by atoms with Gasteiger partial charge in [-0.2, -0.15) is 0 Å². The van der Waals surface area contributed by atoms with Crippen molar-refractivity contribution in [1.29, 1.82) is 0 Å². The summed E-state index contributed by atoms with van der Waals surface area (Å²) in [6, 6.07) is 13.2. The summed E-state index contributed by atoms with van der Waals surface area (Å²) in [6.07, 6.45) is 1.71. The Morgan fingerprint density at radius 2 is 1.97 bits per heavy atom. The van der Waals surface area contributed by atoms with Crippen LogP contribution in [0.3, 0.4) is 0 Å². The van der Waals surface area contributed by atoms with Gasteiger partial charge >= 0.3 is 0 Å². The molecule has 1 heterocycles. The average molecular weight is 492 g/mol. The number of benzene rings is 2. The van der Waals surface area contributed by atoms with Crippen LogP contribution in [0.2, 0.25) is 10.0 Å². The van der Waals surface area contributed by atoms with Crippen LogP contribution in [-0.4, -0.2) is 47.3 Å². The summed E-state index contributed by atoms with van der Waals surface area (Å²) in [6.45, 7) is 0.357. The van der Waals surface area contributed by atoms with Gasteiger partial charge in [0.25, 0.3) is 5.91 Å². The normalized spacial score (nSPS) is 18.9. The van der Waals surface area contributed by atoms with E-state index in [0.29, 0.717) is 23.0 Å². The molecule has 1 aliphatic carbocycles. The zero-order chi connectivity index (χ0) is 23.4. The molecule has 1 aliphatic rings. The van der Waals surface area contributed by atoms with Crippen molar-refractivity contribution in [2.75, 3.05) is 13.2 Å². The lowest BCUT2D eigenvalue weighted by Crippen LogP contribution is -2.39. The van der Waals surface area contributed by atoms with Crippen LogP contribution in [0.5, 0.6) is 5.75 Å². The fourth-order valence-corrected chi connectivity index (χ4v) is 4.20. The first-order valence-electron chi connectivity index (χ1n) is 10.7. The molecule has 0 saturated heterocycles. The molecule has 4 rings (SSSR count). The Morgan fingerprint density at radius 3 is 2.79 bits per heavy atom. The highest BCUT2D eigenvalue weighted by Crippen LogP contribution is 2.22. The molecular formula is C24H24Cl2FN3O3. The van der Waals surface area contributed by atoms with Crippen LogP contribution in [0.25, 0.3) is 10.9 Å². The number of aromatic nitrogens is 1. The van der Waals surface area contributed by atoms with E-state index >= 15 is 0 Å². The maximum absolute atomic E-state index is 13.4. The quantitative estimate of drug-likeness (QED) is 0.435. The lowest BCUT2D eigenvalue weighted by molar-refractivity contribution is 0.0930. The lowest BCUT2D eigenvalue weighted by Gasteiger charge is -2.18. The molecule has 3 aromatic rings. The summed E-state index contributed by atoms with van der Waals surface area (Å²) in [5, 5.41) is 18.0. The first-order chi connectivity index (χ1) is 15.9. The Kier molecular flexibility index (Phi) is 7.65. The number of halogens is 3. The Morgan fingerprint density at radius 1 is 1.15 bits per heavy atom. The van der Waals surface area contributed by atoms with Crippen molar-refractivity contribution < 1.29 is 19.0 Å². The number of hydrogen-bond acceptors (Lipinski definition) is 5. The number of ether oxygens (including phenoxy) is 1. The fourth-order valence-electron chi connectivity index (χ4n) is 3.90. The zero-order valence-corrected chi connectivity index (χ0v) is 19.2. The monoisotopic (exact) mass is 491 g/mol. The molecule has 1 unspecified atom stereocenters. The molecule has 174 valence electrons. The molecule has 6 nitrogen and oxygen atoms in total. The molecule has 1 amide bonds. The number of amides is 1. The topological polar surface area (TPSA) is 83.5 Å². The SMILES string of the molecule is O=C(N[C@H]1CC[C@@H](NCC(O)COc2ccc(Cl)c(F)c2)C1)c1ccc2cc(Cl)ccc2n1. The molecule has 0 spiro atoms.